The van der Waals surface area contributed by atoms with Crippen molar-refractivity contribution in [2.45, 2.75) is 26.7 Å². The molecule has 21 heavy (non-hydrogen) atoms. The predicted octanol–water partition coefficient (Wildman–Crippen LogP) is 3.31. The van der Waals surface area contributed by atoms with Crippen LogP contribution in [-0.4, -0.2) is 22.1 Å². The van der Waals surface area contributed by atoms with Crippen molar-refractivity contribution in [3.05, 3.63) is 53.1 Å². The number of carbonyl (C=O) groups is 1. The normalized spacial score (nSPS) is 13.5. The van der Waals surface area contributed by atoms with Crippen molar-refractivity contribution in [1.82, 2.24) is 9.55 Å². The van der Waals surface area contributed by atoms with Gasteiger partial charge in [-0.15, -0.1) is 0 Å². The minimum Gasteiger partial charge on any atom is -0.462 e. The molecule has 1 aliphatic rings. The van der Waals surface area contributed by atoms with Crippen LogP contribution in [0.2, 0.25) is 0 Å². The number of fused-ring (bicyclic) bond motifs is 1. The molecule has 108 valence electrons. The molecule has 0 radical (unpaired) electrons. The molecule has 0 aliphatic heterocycles. The first-order valence-corrected chi connectivity index (χ1v) is 7.18. The van der Waals surface area contributed by atoms with Gasteiger partial charge in [0.15, 0.2) is 0 Å². The van der Waals surface area contributed by atoms with E-state index in [4.69, 9.17) is 4.74 Å². The van der Waals surface area contributed by atoms with Gasteiger partial charge < -0.3 is 9.30 Å². The summed E-state index contributed by atoms with van der Waals surface area (Å²) in [7, 11) is 0. The van der Waals surface area contributed by atoms with E-state index in [1.165, 1.54) is 11.3 Å². The summed E-state index contributed by atoms with van der Waals surface area (Å²) in [4.78, 5) is 16.1. The number of nitrogens with zero attached hydrogens (tertiary/aromatic N) is 2. The van der Waals surface area contributed by atoms with Gasteiger partial charge in [-0.3, -0.25) is 0 Å². The molecular weight excluding hydrogens is 264 g/mol. The minimum absolute atomic E-state index is 0.249. The number of esters is 1. The van der Waals surface area contributed by atoms with Gasteiger partial charge in [0, 0.05) is 18.1 Å². The maximum atomic E-state index is 12.0. The number of aryl methyl sites for hydroxylation is 2. The van der Waals surface area contributed by atoms with Crippen LogP contribution >= 0.6 is 0 Å². The monoisotopic (exact) mass is 282 g/mol. The van der Waals surface area contributed by atoms with Gasteiger partial charge in [0.2, 0.25) is 0 Å². The summed E-state index contributed by atoms with van der Waals surface area (Å²) < 4.78 is 7.14. The quantitative estimate of drug-likeness (QED) is 0.811. The van der Waals surface area contributed by atoms with Crippen LogP contribution in [0.3, 0.4) is 0 Å². The minimum atomic E-state index is -0.249. The van der Waals surface area contributed by atoms with E-state index in [0.717, 1.165) is 24.0 Å². The third-order valence-corrected chi connectivity index (χ3v) is 3.79. The molecule has 0 atom stereocenters. The number of carbonyl (C=O) groups excluding carboxylic acids is 1. The van der Waals surface area contributed by atoms with E-state index in [2.05, 4.69) is 17.1 Å². The first-order valence-electron chi connectivity index (χ1n) is 7.18. The molecular formula is C17H18N2O2. The van der Waals surface area contributed by atoms with Crippen molar-refractivity contribution in [3.8, 4) is 0 Å². The number of benzene rings is 1. The molecule has 0 saturated carbocycles. The van der Waals surface area contributed by atoms with Gasteiger partial charge in [-0.1, -0.05) is 6.07 Å². The molecule has 0 spiro atoms. The van der Waals surface area contributed by atoms with Gasteiger partial charge in [0.1, 0.15) is 0 Å². The Balaban J connectivity index is 2.01. The van der Waals surface area contributed by atoms with E-state index >= 15 is 0 Å². The highest BCUT2D eigenvalue weighted by atomic mass is 16.5. The lowest BCUT2D eigenvalue weighted by atomic mass is 9.91. The maximum Gasteiger partial charge on any atom is 0.338 e. The second-order valence-corrected chi connectivity index (χ2v) is 5.19. The van der Waals surface area contributed by atoms with E-state index in [9.17, 15) is 4.79 Å². The summed E-state index contributed by atoms with van der Waals surface area (Å²) in [6.45, 7) is 4.18. The molecule has 4 nitrogen and oxygen atoms in total. The van der Waals surface area contributed by atoms with Gasteiger partial charge in [-0.05, 0) is 55.5 Å². The van der Waals surface area contributed by atoms with Crippen molar-refractivity contribution in [1.29, 1.82) is 0 Å². The molecule has 1 heterocycles. The summed E-state index contributed by atoms with van der Waals surface area (Å²) in [5.74, 6) is -0.249. The molecule has 0 N–H and O–H groups in total. The first-order chi connectivity index (χ1) is 10.2. The Morgan fingerprint density at radius 2 is 2.24 bits per heavy atom. The number of hydrogen-bond donors (Lipinski definition) is 0. The van der Waals surface area contributed by atoms with Crippen molar-refractivity contribution in [3.63, 3.8) is 0 Å². The Kier molecular flexibility index (Phi) is 3.60. The highest BCUT2D eigenvalue weighted by Gasteiger charge is 2.17. The van der Waals surface area contributed by atoms with Gasteiger partial charge >= 0.3 is 5.97 Å². The van der Waals surface area contributed by atoms with Crippen molar-refractivity contribution < 1.29 is 9.53 Å². The van der Waals surface area contributed by atoms with Crippen LogP contribution in [0.15, 0.2) is 30.9 Å². The molecule has 2 aromatic rings. The Bertz CT molecular complexity index is 700. The maximum absolute atomic E-state index is 12.0. The second-order valence-electron chi connectivity index (χ2n) is 5.19. The number of hydrogen-bond acceptors (Lipinski definition) is 3. The number of allylic oxidation sites excluding steroid dienone is 1. The lowest BCUT2D eigenvalue weighted by Gasteiger charge is -2.19. The standard InChI is InChI=1S/C17H18N2O2/c1-3-21-17(20)16-10-14-9-15(19-7-6-18-11-19)5-4-13(14)8-12(16)2/h6-11H,3-5H2,1-2H3. The molecule has 1 aromatic heterocycles. The molecule has 3 rings (SSSR count). The van der Waals surface area contributed by atoms with Crippen molar-refractivity contribution in [2.24, 2.45) is 0 Å². The van der Waals surface area contributed by atoms with Crippen LogP contribution in [0, 0.1) is 6.92 Å². The van der Waals surface area contributed by atoms with Crippen LogP contribution in [0.5, 0.6) is 0 Å². The average Bonchev–Trinajstić information content (AvgIpc) is 3.00. The Hall–Kier alpha value is -2.36. The van der Waals surface area contributed by atoms with Crippen LogP contribution in [0.25, 0.3) is 11.8 Å². The summed E-state index contributed by atoms with van der Waals surface area (Å²) in [5.41, 5.74) is 5.20. The predicted molar refractivity (Wildman–Crippen MR) is 81.9 cm³/mol. The number of aromatic nitrogens is 2. The lowest BCUT2D eigenvalue weighted by molar-refractivity contribution is 0.0525. The van der Waals surface area contributed by atoms with Gasteiger partial charge in [0.25, 0.3) is 0 Å². The molecule has 0 unspecified atom stereocenters. The Morgan fingerprint density at radius 3 is 2.95 bits per heavy atom. The fraction of sp³-hybridized carbons (Fsp3) is 0.294. The fourth-order valence-electron chi connectivity index (χ4n) is 2.71. The molecule has 4 heteroatoms. The van der Waals surface area contributed by atoms with Crippen LogP contribution in [0.4, 0.5) is 0 Å². The number of ether oxygens (including phenoxy) is 1. The van der Waals surface area contributed by atoms with Gasteiger partial charge in [-0.2, -0.15) is 0 Å². The fourth-order valence-corrected chi connectivity index (χ4v) is 2.71. The smallest absolute Gasteiger partial charge is 0.338 e. The highest BCUT2D eigenvalue weighted by molar-refractivity contribution is 5.92. The summed E-state index contributed by atoms with van der Waals surface area (Å²) >= 11 is 0. The third-order valence-electron chi connectivity index (χ3n) is 3.79. The summed E-state index contributed by atoms with van der Waals surface area (Å²) in [6, 6.07) is 4.04. The van der Waals surface area contributed by atoms with Crippen LogP contribution in [-0.2, 0) is 11.2 Å². The molecule has 0 bridgehead atoms. The largest absolute Gasteiger partial charge is 0.462 e. The zero-order chi connectivity index (χ0) is 14.8. The third kappa shape index (κ3) is 2.61. The molecule has 0 amide bonds. The number of rotatable bonds is 3. The zero-order valence-electron chi connectivity index (χ0n) is 12.3. The topological polar surface area (TPSA) is 44.1 Å². The summed E-state index contributed by atoms with van der Waals surface area (Å²) in [6.07, 6.45) is 9.59. The first kappa shape index (κ1) is 13.6. The lowest BCUT2D eigenvalue weighted by Crippen LogP contribution is -2.10. The van der Waals surface area contributed by atoms with E-state index in [1.54, 1.807) is 12.5 Å². The van der Waals surface area contributed by atoms with Gasteiger partial charge in [-0.25, -0.2) is 9.78 Å². The molecule has 0 saturated heterocycles. The zero-order valence-corrected chi connectivity index (χ0v) is 12.3. The van der Waals surface area contributed by atoms with Crippen LogP contribution < -0.4 is 0 Å². The van der Waals surface area contributed by atoms with Crippen molar-refractivity contribution in [2.75, 3.05) is 6.61 Å². The van der Waals surface area contributed by atoms with E-state index in [-0.39, 0.29) is 5.97 Å². The molecule has 1 aromatic carbocycles. The SMILES string of the molecule is CCOC(=O)c1cc2c(cc1C)CCC(n1ccnc1)=C2. The van der Waals surface area contributed by atoms with E-state index < -0.39 is 0 Å². The molecule has 0 fully saturated rings. The van der Waals surface area contributed by atoms with Crippen LogP contribution in [0.1, 0.15) is 40.4 Å². The molecule has 1 aliphatic carbocycles. The number of imidazole rings is 1. The van der Waals surface area contributed by atoms with Crippen molar-refractivity contribution >= 4 is 17.7 Å². The Labute approximate surface area is 124 Å². The second kappa shape index (κ2) is 5.56. The van der Waals surface area contributed by atoms with E-state index in [0.29, 0.717) is 12.2 Å². The highest BCUT2D eigenvalue weighted by Crippen LogP contribution is 2.29. The average molecular weight is 282 g/mol. The van der Waals surface area contributed by atoms with Gasteiger partial charge in [0.05, 0.1) is 18.5 Å². The van der Waals surface area contributed by atoms with E-state index in [1.807, 2.05) is 30.7 Å². The Morgan fingerprint density at radius 1 is 1.38 bits per heavy atom. The summed E-state index contributed by atoms with van der Waals surface area (Å²) in [5, 5.41) is 0.